The summed E-state index contributed by atoms with van der Waals surface area (Å²) in [7, 11) is 0. The molecule has 2 amide bonds. The molecule has 1 saturated heterocycles. The fourth-order valence-corrected chi connectivity index (χ4v) is 2.02. The maximum atomic E-state index is 12.4. The quantitative estimate of drug-likeness (QED) is 0.696. The van der Waals surface area contributed by atoms with Crippen LogP contribution in [0, 0.1) is 0 Å². The molecule has 0 aliphatic carbocycles. The van der Waals surface area contributed by atoms with Gasteiger partial charge in [0.1, 0.15) is 23.5 Å². The lowest BCUT2D eigenvalue weighted by atomic mass is 10.1. The summed E-state index contributed by atoms with van der Waals surface area (Å²) in [5, 5.41) is 2.22. The van der Waals surface area contributed by atoms with Crippen molar-refractivity contribution in [2.45, 2.75) is 71.6 Å². The van der Waals surface area contributed by atoms with Crippen molar-refractivity contribution in [2.75, 3.05) is 6.54 Å². The van der Waals surface area contributed by atoms with Crippen LogP contribution in [0.1, 0.15) is 54.4 Å². The van der Waals surface area contributed by atoms with Crippen LogP contribution in [0.3, 0.4) is 0 Å². The summed E-state index contributed by atoms with van der Waals surface area (Å²) in [6.45, 7) is 10.7. The molecule has 0 bridgehead atoms. The van der Waals surface area contributed by atoms with Crippen molar-refractivity contribution >= 4 is 18.5 Å². The molecule has 1 heterocycles. The summed E-state index contributed by atoms with van der Waals surface area (Å²) in [6, 6.07) is -0.726. The van der Waals surface area contributed by atoms with E-state index in [1.54, 1.807) is 41.5 Å². The third kappa shape index (κ3) is 5.20. The van der Waals surface area contributed by atoms with Gasteiger partial charge in [0.15, 0.2) is 0 Å². The van der Waals surface area contributed by atoms with Crippen molar-refractivity contribution in [2.24, 2.45) is 0 Å². The van der Waals surface area contributed by atoms with Crippen LogP contribution in [0.2, 0.25) is 0 Å². The number of aldehydes is 1. The fraction of sp³-hybridized carbons (Fsp3) is 0.800. The molecular formula is C15H26N2O5. The van der Waals surface area contributed by atoms with Crippen LogP contribution >= 0.6 is 0 Å². The number of carbonyl (C=O) groups excluding carboxylic acids is 3. The monoisotopic (exact) mass is 314 g/mol. The first kappa shape index (κ1) is 18.3. The first-order chi connectivity index (χ1) is 9.94. The van der Waals surface area contributed by atoms with Gasteiger partial charge in [0.05, 0.1) is 0 Å². The largest absolute Gasteiger partial charge is 0.442 e. The number of amides is 2. The van der Waals surface area contributed by atoms with Gasteiger partial charge in [0.25, 0.3) is 0 Å². The number of hydrogen-bond acceptors (Lipinski definition) is 5. The van der Waals surface area contributed by atoms with Gasteiger partial charge in [0.2, 0.25) is 0 Å². The minimum absolute atomic E-state index is 0.304. The van der Waals surface area contributed by atoms with Crippen molar-refractivity contribution < 1.29 is 23.9 Å². The number of hydrazine groups is 1. The average Bonchev–Trinajstić information content (AvgIpc) is 2.33. The summed E-state index contributed by atoms with van der Waals surface area (Å²) < 4.78 is 10.6. The van der Waals surface area contributed by atoms with Gasteiger partial charge in [-0.1, -0.05) is 0 Å². The van der Waals surface area contributed by atoms with Gasteiger partial charge in [-0.05, 0) is 54.4 Å². The van der Waals surface area contributed by atoms with Gasteiger partial charge in [-0.3, -0.25) is 0 Å². The molecule has 1 aliphatic heterocycles. The Hall–Kier alpha value is -1.79. The molecule has 1 fully saturated rings. The predicted octanol–water partition coefficient (Wildman–Crippen LogP) is 2.74. The molecule has 0 spiro atoms. The minimum atomic E-state index is -0.727. The van der Waals surface area contributed by atoms with E-state index in [-0.39, 0.29) is 0 Å². The predicted molar refractivity (Wildman–Crippen MR) is 80.1 cm³/mol. The van der Waals surface area contributed by atoms with E-state index in [0.717, 1.165) is 10.0 Å². The van der Waals surface area contributed by atoms with Gasteiger partial charge in [-0.15, -0.1) is 0 Å². The van der Waals surface area contributed by atoms with E-state index in [4.69, 9.17) is 9.47 Å². The van der Waals surface area contributed by atoms with Crippen molar-refractivity contribution in [3.8, 4) is 0 Å². The van der Waals surface area contributed by atoms with Crippen LogP contribution in [0.15, 0.2) is 0 Å². The Labute approximate surface area is 131 Å². The van der Waals surface area contributed by atoms with Crippen molar-refractivity contribution in [3.63, 3.8) is 0 Å². The van der Waals surface area contributed by atoms with Crippen molar-refractivity contribution in [1.29, 1.82) is 0 Å². The highest BCUT2D eigenvalue weighted by Gasteiger charge is 2.40. The molecule has 1 atom stereocenters. The summed E-state index contributed by atoms with van der Waals surface area (Å²) in [6.07, 6.45) is 0.366. The molecule has 7 nitrogen and oxygen atoms in total. The second-order valence-corrected chi connectivity index (χ2v) is 7.27. The molecule has 0 aromatic rings. The van der Waals surface area contributed by atoms with E-state index in [1.807, 2.05) is 0 Å². The Morgan fingerprint density at radius 2 is 1.50 bits per heavy atom. The van der Waals surface area contributed by atoms with Crippen LogP contribution in [0.5, 0.6) is 0 Å². The van der Waals surface area contributed by atoms with Crippen LogP contribution in [-0.2, 0) is 14.3 Å². The third-order valence-corrected chi connectivity index (χ3v) is 2.79. The Morgan fingerprint density at radius 1 is 1.00 bits per heavy atom. The zero-order valence-electron chi connectivity index (χ0n) is 14.2. The summed E-state index contributed by atoms with van der Waals surface area (Å²) in [5.41, 5.74) is -1.41. The summed E-state index contributed by atoms with van der Waals surface area (Å²) >= 11 is 0. The Bertz CT molecular complexity index is 436. The van der Waals surface area contributed by atoms with E-state index >= 15 is 0 Å². The molecule has 0 aromatic heterocycles. The van der Waals surface area contributed by atoms with Crippen molar-refractivity contribution in [3.05, 3.63) is 0 Å². The van der Waals surface area contributed by atoms with Gasteiger partial charge < -0.3 is 14.3 Å². The number of ether oxygens (including phenoxy) is 2. The molecule has 0 saturated carbocycles. The molecule has 0 radical (unpaired) electrons. The van der Waals surface area contributed by atoms with Crippen LogP contribution in [-0.4, -0.2) is 52.3 Å². The number of nitrogens with zero attached hydrogens (tertiary/aromatic N) is 2. The number of carbonyl (C=O) groups is 3. The van der Waals surface area contributed by atoms with E-state index in [1.165, 1.54) is 0 Å². The highest BCUT2D eigenvalue weighted by Crippen LogP contribution is 2.23. The molecule has 1 rings (SSSR count). The average molecular weight is 314 g/mol. The lowest BCUT2D eigenvalue weighted by Gasteiger charge is -2.42. The lowest BCUT2D eigenvalue weighted by Crippen LogP contribution is -2.60. The van der Waals surface area contributed by atoms with Gasteiger partial charge >= 0.3 is 12.2 Å². The van der Waals surface area contributed by atoms with Gasteiger partial charge in [-0.25, -0.2) is 19.6 Å². The molecular weight excluding hydrogens is 288 g/mol. The maximum Gasteiger partial charge on any atom is 0.430 e. The van der Waals surface area contributed by atoms with E-state index in [2.05, 4.69) is 0 Å². The zero-order chi connectivity index (χ0) is 17.1. The topological polar surface area (TPSA) is 76.2 Å². The highest BCUT2D eigenvalue weighted by atomic mass is 16.6. The molecule has 0 N–H and O–H groups in total. The number of rotatable bonds is 1. The first-order valence-electron chi connectivity index (χ1n) is 7.42. The second-order valence-electron chi connectivity index (χ2n) is 7.27. The van der Waals surface area contributed by atoms with E-state index in [9.17, 15) is 14.4 Å². The van der Waals surface area contributed by atoms with Crippen LogP contribution in [0.4, 0.5) is 9.59 Å². The SMILES string of the molecule is CC(C)(C)OC(=O)N1CCCC(C=O)N1C(=O)OC(C)(C)C. The summed E-state index contributed by atoms with van der Waals surface area (Å²) in [4.78, 5) is 35.9. The lowest BCUT2D eigenvalue weighted by molar-refractivity contribution is -0.126. The molecule has 7 heteroatoms. The van der Waals surface area contributed by atoms with Gasteiger partial charge in [0, 0.05) is 6.54 Å². The Balaban J connectivity index is 2.98. The van der Waals surface area contributed by atoms with Crippen molar-refractivity contribution in [1.82, 2.24) is 10.0 Å². The fourth-order valence-electron chi connectivity index (χ4n) is 2.02. The maximum absolute atomic E-state index is 12.4. The normalized spacial score (nSPS) is 19.6. The van der Waals surface area contributed by atoms with Gasteiger partial charge in [-0.2, -0.15) is 0 Å². The highest BCUT2D eigenvalue weighted by molar-refractivity contribution is 5.78. The summed E-state index contributed by atoms with van der Waals surface area (Å²) in [5.74, 6) is 0. The van der Waals surface area contributed by atoms with Crippen LogP contribution < -0.4 is 0 Å². The standard InChI is InChI=1S/C15H26N2O5/c1-14(2,3)21-12(19)16-9-7-8-11(10-18)17(16)13(20)22-15(4,5)6/h10-11H,7-9H2,1-6H3. The smallest absolute Gasteiger partial charge is 0.430 e. The first-order valence-corrected chi connectivity index (χ1v) is 7.42. The second kappa shape index (κ2) is 6.54. The Kier molecular flexibility index (Phi) is 5.43. The molecule has 126 valence electrons. The molecule has 22 heavy (non-hydrogen) atoms. The number of hydrogen-bond donors (Lipinski definition) is 0. The minimum Gasteiger partial charge on any atom is -0.442 e. The van der Waals surface area contributed by atoms with E-state index in [0.29, 0.717) is 25.7 Å². The van der Waals surface area contributed by atoms with E-state index < -0.39 is 29.4 Å². The Morgan fingerprint density at radius 3 is 1.95 bits per heavy atom. The molecule has 0 aromatic carbocycles. The molecule has 1 aliphatic rings. The molecule has 1 unspecified atom stereocenters. The zero-order valence-corrected chi connectivity index (χ0v) is 14.2. The third-order valence-electron chi connectivity index (χ3n) is 2.79. The van der Waals surface area contributed by atoms with Crippen LogP contribution in [0.25, 0.3) is 0 Å².